The number of rotatable bonds is 6. The smallest absolute Gasteiger partial charge is 0.258 e. The third-order valence-electron chi connectivity index (χ3n) is 2.41. The summed E-state index contributed by atoms with van der Waals surface area (Å²) in [7, 11) is 0. The van der Waals surface area contributed by atoms with Crippen molar-refractivity contribution in [2.75, 3.05) is 6.61 Å². The van der Waals surface area contributed by atoms with E-state index < -0.39 is 5.91 Å². The number of ether oxygens (including phenoxy) is 1. The molecule has 0 aliphatic heterocycles. The van der Waals surface area contributed by atoms with Crippen molar-refractivity contribution >= 4 is 18.0 Å². The molecule has 0 radical (unpaired) electrons. The molecule has 0 aromatic heterocycles. The average molecular weight is 316 g/mol. The van der Waals surface area contributed by atoms with E-state index in [9.17, 15) is 9.59 Å². The Labute approximate surface area is 135 Å². The molecule has 122 valence electrons. The van der Waals surface area contributed by atoms with Gasteiger partial charge in [-0.1, -0.05) is 0 Å². The fourth-order valence-corrected chi connectivity index (χ4v) is 1.54. The first-order chi connectivity index (χ1) is 10.8. The van der Waals surface area contributed by atoms with Crippen LogP contribution < -0.4 is 15.5 Å². The molecule has 2 N–H and O–H groups in total. The molecule has 0 fully saturated rings. The van der Waals surface area contributed by atoms with Crippen LogP contribution >= 0.6 is 0 Å². The lowest BCUT2D eigenvalue weighted by Crippen LogP contribution is -2.43. The molecular formula is C16H20N4O3. The number of benzene rings is 1. The Bertz CT molecular complexity index is 610. The van der Waals surface area contributed by atoms with Crippen molar-refractivity contribution < 1.29 is 14.3 Å². The van der Waals surface area contributed by atoms with Crippen LogP contribution in [-0.4, -0.2) is 30.2 Å². The van der Waals surface area contributed by atoms with Gasteiger partial charge in [-0.2, -0.15) is 10.4 Å². The minimum Gasteiger partial charge on any atom is -0.484 e. The summed E-state index contributed by atoms with van der Waals surface area (Å²) >= 11 is 0. The highest BCUT2D eigenvalue weighted by Gasteiger charge is 2.13. The van der Waals surface area contributed by atoms with Crippen molar-refractivity contribution in [3.63, 3.8) is 0 Å². The first-order valence-corrected chi connectivity index (χ1v) is 7.03. The second-order valence-corrected chi connectivity index (χ2v) is 5.78. The lowest BCUT2D eigenvalue weighted by atomic mass is 10.1. The van der Waals surface area contributed by atoms with Gasteiger partial charge in [0.15, 0.2) is 6.61 Å². The Kier molecular flexibility index (Phi) is 6.74. The highest BCUT2D eigenvalue weighted by molar-refractivity contribution is 5.83. The molecule has 0 spiro atoms. The van der Waals surface area contributed by atoms with Gasteiger partial charge in [-0.15, -0.1) is 0 Å². The van der Waals surface area contributed by atoms with Crippen molar-refractivity contribution in [3.8, 4) is 11.8 Å². The Morgan fingerprint density at radius 1 is 1.26 bits per heavy atom. The quantitative estimate of drug-likeness (QED) is 0.610. The van der Waals surface area contributed by atoms with Gasteiger partial charge in [0, 0.05) is 5.54 Å². The molecule has 23 heavy (non-hydrogen) atoms. The maximum atomic E-state index is 11.6. The van der Waals surface area contributed by atoms with Crippen molar-refractivity contribution in [3.05, 3.63) is 29.8 Å². The van der Waals surface area contributed by atoms with Gasteiger partial charge in [0.05, 0.1) is 12.3 Å². The van der Waals surface area contributed by atoms with Crippen LogP contribution in [0.3, 0.4) is 0 Å². The van der Waals surface area contributed by atoms with Crippen LogP contribution in [0.5, 0.6) is 5.75 Å². The molecule has 0 saturated heterocycles. The molecule has 1 aromatic carbocycles. The first kappa shape index (κ1) is 18.2. The lowest BCUT2D eigenvalue weighted by molar-refractivity contribution is -0.124. The van der Waals surface area contributed by atoms with E-state index in [1.807, 2.05) is 20.8 Å². The number of hydrazone groups is 1. The normalized spacial score (nSPS) is 10.9. The number of hydrogen-bond acceptors (Lipinski definition) is 5. The minimum absolute atomic E-state index is 0.0606. The Morgan fingerprint density at radius 2 is 1.91 bits per heavy atom. The number of nitrogens with zero attached hydrogens (tertiary/aromatic N) is 2. The summed E-state index contributed by atoms with van der Waals surface area (Å²) in [5.74, 6) is -0.100. The summed E-state index contributed by atoms with van der Waals surface area (Å²) in [4.78, 5) is 22.7. The molecular weight excluding hydrogens is 296 g/mol. The van der Waals surface area contributed by atoms with Gasteiger partial charge in [0.25, 0.3) is 11.8 Å². The monoisotopic (exact) mass is 316 g/mol. The van der Waals surface area contributed by atoms with Crippen molar-refractivity contribution in [1.82, 2.24) is 10.7 Å². The van der Waals surface area contributed by atoms with E-state index in [0.29, 0.717) is 5.75 Å². The van der Waals surface area contributed by atoms with Gasteiger partial charge < -0.3 is 10.1 Å². The molecule has 2 amide bonds. The van der Waals surface area contributed by atoms with Crippen LogP contribution in [0.15, 0.2) is 29.4 Å². The molecule has 7 heteroatoms. The number of nitrogens with one attached hydrogen (secondary N) is 2. The molecule has 0 unspecified atom stereocenters. The van der Waals surface area contributed by atoms with Crippen molar-refractivity contribution in [1.29, 1.82) is 5.26 Å². The van der Waals surface area contributed by atoms with Gasteiger partial charge in [0.1, 0.15) is 12.2 Å². The maximum absolute atomic E-state index is 11.6. The predicted molar refractivity (Wildman–Crippen MR) is 85.8 cm³/mol. The van der Waals surface area contributed by atoms with E-state index >= 15 is 0 Å². The number of amides is 2. The first-order valence-electron chi connectivity index (χ1n) is 7.03. The predicted octanol–water partition coefficient (Wildman–Crippen LogP) is 1.34. The van der Waals surface area contributed by atoms with Crippen LogP contribution in [0.4, 0.5) is 0 Å². The SMILES string of the molecule is CC(C)(C)NC(=O)COc1ccc(/C=N\NC(=O)CC#N)cc1. The van der Waals surface area contributed by atoms with E-state index in [-0.39, 0.29) is 24.5 Å². The standard InChI is InChI=1S/C16H20N4O3/c1-16(2,3)19-15(22)11-23-13-6-4-12(5-7-13)10-18-20-14(21)8-9-17/h4-7,10H,8,11H2,1-3H3,(H,19,22)(H,20,21)/b18-10-. The highest BCUT2D eigenvalue weighted by Crippen LogP contribution is 2.11. The number of nitriles is 1. The lowest BCUT2D eigenvalue weighted by Gasteiger charge is -2.20. The molecule has 0 heterocycles. The zero-order valence-electron chi connectivity index (χ0n) is 13.4. The molecule has 0 aliphatic carbocycles. The van der Waals surface area contributed by atoms with Crippen LogP contribution in [0.25, 0.3) is 0 Å². The number of carbonyl (C=O) groups excluding carboxylic acids is 2. The molecule has 0 bridgehead atoms. The number of hydrogen-bond donors (Lipinski definition) is 2. The van der Waals surface area contributed by atoms with Crippen molar-refractivity contribution in [2.45, 2.75) is 32.7 Å². The fraction of sp³-hybridized carbons (Fsp3) is 0.375. The van der Waals surface area contributed by atoms with Gasteiger partial charge in [0.2, 0.25) is 0 Å². The summed E-state index contributed by atoms with van der Waals surface area (Å²) < 4.78 is 5.38. The topological polar surface area (TPSA) is 104 Å². The van der Waals surface area contributed by atoms with E-state index in [4.69, 9.17) is 10.00 Å². The molecule has 0 saturated carbocycles. The van der Waals surface area contributed by atoms with E-state index in [1.54, 1.807) is 30.3 Å². The van der Waals surface area contributed by atoms with Gasteiger partial charge in [-0.05, 0) is 50.6 Å². The summed E-state index contributed by atoms with van der Waals surface area (Å²) in [6, 6.07) is 8.59. The Hall–Kier alpha value is -2.88. The number of carbonyl (C=O) groups is 2. The second-order valence-electron chi connectivity index (χ2n) is 5.78. The van der Waals surface area contributed by atoms with Gasteiger partial charge in [-0.3, -0.25) is 9.59 Å². The van der Waals surface area contributed by atoms with Crippen LogP contribution in [0.1, 0.15) is 32.8 Å². The Morgan fingerprint density at radius 3 is 2.48 bits per heavy atom. The van der Waals surface area contributed by atoms with E-state index in [2.05, 4.69) is 15.8 Å². The summed E-state index contributed by atoms with van der Waals surface area (Å²) in [6.45, 7) is 5.63. The van der Waals surface area contributed by atoms with Crippen LogP contribution in [0, 0.1) is 11.3 Å². The average Bonchev–Trinajstić information content (AvgIpc) is 2.45. The molecule has 1 aromatic rings. The second kappa shape index (κ2) is 8.54. The van der Waals surface area contributed by atoms with Crippen LogP contribution in [-0.2, 0) is 9.59 Å². The molecule has 1 rings (SSSR count). The fourth-order valence-electron chi connectivity index (χ4n) is 1.54. The maximum Gasteiger partial charge on any atom is 0.258 e. The highest BCUT2D eigenvalue weighted by atomic mass is 16.5. The zero-order chi connectivity index (χ0) is 17.3. The largest absolute Gasteiger partial charge is 0.484 e. The molecule has 0 atom stereocenters. The van der Waals surface area contributed by atoms with Crippen LogP contribution in [0.2, 0.25) is 0 Å². The van der Waals surface area contributed by atoms with Gasteiger partial charge >= 0.3 is 0 Å². The third kappa shape index (κ3) is 8.21. The third-order valence-corrected chi connectivity index (χ3v) is 2.41. The molecule has 7 nitrogen and oxygen atoms in total. The van der Waals surface area contributed by atoms with Crippen molar-refractivity contribution in [2.24, 2.45) is 5.10 Å². The summed E-state index contributed by atoms with van der Waals surface area (Å²) in [6.07, 6.45) is 1.21. The van der Waals surface area contributed by atoms with E-state index in [0.717, 1.165) is 5.56 Å². The summed E-state index contributed by atoms with van der Waals surface area (Å²) in [5.41, 5.74) is 2.68. The zero-order valence-corrected chi connectivity index (χ0v) is 13.4. The summed E-state index contributed by atoms with van der Waals surface area (Å²) in [5, 5.41) is 14.9. The molecule has 0 aliphatic rings. The minimum atomic E-state index is -0.464. The Balaban J connectivity index is 2.45. The van der Waals surface area contributed by atoms with E-state index in [1.165, 1.54) is 6.21 Å². The van der Waals surface area contributed by atoms with Gasteiger partial charge in [-0.25, -0.2) is 5.43 Å².